The summed E-state index contributed by atoms with van der Waals surface area (Å²) in [6.07, 6.45) is 2.03. The molecule has 5 nitrogen and oxygen atoms in total. The summed E-state index contributed by atoms with van der Waals surface area (Å²) in [7, 11) is -3.54. The average molecular weight is 379 g/mol. The molecule has 0 aromatic heterocycles. The lowest BCUT2D eigenvalue weighted by Crippen LogP contribution is -2.36. The highest BCUT2D eigenvalue weighted by Crippen LogP contribution is 2.30. The summed E-state index contributed by atoms with van der Waals surface area (Å²) >= 11 is 6.13. The topological polar surface area (TPSA) is 57.7 Å². The number of halogens is 1. The van der Waals surface area contributed by atoms with Crippen LogP contribution in [-0.4, -0.2) is 33.7 Å². The number of rotatable bonds is 5. The first-order chi connectivity index (χ1) is 11.9. The van der Waals surface area contributed by atoms with E-state index in [-0.39, 0.29) is 18.9 Å². The molecule has 0 N–H and O–H groups in total. The first kappa shape index (κ1) is 17.8. The molecule has 0 atom stereocenters. The average Bonchev–Trinajstić information content (AvgIpc) is 2.99. The van der Waals surface area contributed by atoms with Crippen LogP contribution in [0.15, 0.2) is 48.5 Å². The van der Waals surface area contributed by atoms with Gasteiger partial charge >= 0.3 is 0 Å². The summed E-state index contributed by atoms with van der Waals surface area (Å²) in [5, 5.41) is 0.340. The summed E-state index contributed by atoms with van der Waals surface area (Å²) in [5.74, 6) is -0.0920. The number of hydrogen-bond acceptors (Lipinski definition) is 3. The van der Waals surface area contributed by atoms with E-state index in [1.54, 1.807) is 29.2 Å². The molecule has 1 aliphatic heterocycles. The van der Waals surface area contributed by atoms with Crippen LogP contribution in [0.1, 0.15) is 12.0 Å². The normalized spacial score (nSPS) is 13.6. The van der Waals surface area contributed by atoms with Crippen molar-refractivity contribution in [3.05, 3.63) is 59.1 Å². The second-order valence-corrected chi connectivity index (χ2v) is 8.27. The Hall–Kier alpha value is -2.05. The maximum Gasteiger partial charge on any atom is 0.232 e. The van der Waals surface area contributed by atoms with Crippen LogP contribution in [0, 0.1) is 0 Å². The maximum atomic E-state index is 12.6. The van der Waals surface area contributed by atoms with Crippen molar-refractivity contribution < 1.29 is 13.2 Å². The fourth-order valence-corrected chi connectivity index (χ4v) is 4.28. The molecule has 7 heteroatoms. The molecule has 0 fully saturated rings. The van der Waals surface area contributed by atoms with Gasteiger partial charge < -0.3 is 4.90 Å². The molecule has 0 bridgehead atoms. The fraction of sp³-hybridized carbons (Fsp3) is 0.278. The van der Waals surface area contributed by atoms with Gasteiger partial charge in [-0.1, -0.05) is 41.9 Å². The van der Waals surface area contributed by atoms with Crippen molar-refractivity contribution in [3.8, 4) is 0 Å². The van der Waals surface area contributed by atoms with Gasteiger partial charge in [0.05, 0.1) is 17.0 Å². The van der Waals surface area contributed by atoms with Crippen molar-refractivity contribution in [2.75, 3.05) is 28.6 Å². The van der Waals surface area contributed by atoms with E-state index in [0.29, 0.717) is 17.3 Å². The number of carbonyl (C=O) groups is 1. The predicted molar refractivity (Wildman–Crippen MR) is 101 cm³/mol. The highest BCUT2D eigenvalue weighted by Gasteiger charge is 2.26. The van der Waals surface area contributed by atoms with Gasteiger partial charge in [-0.25, -0.2) is 8.42 Å². The Labute approximate surface area is 152 Å². The van der Waals surface area contributed by atoms with Crippen LogP contribution >= 0.6 is 11.6 Å². The zero-order valence-electron chi connectivity index (χ0n) is 13.9. The maximum absolute atomic E-state index is 12.6. The highest BCUT2D eigenvalue weighted by molar-refractivity contribution is 7.92. The quantitative estimate of drug-likeness (QED) is 0.803. The van der Waals surface area contributed by atoms with Gasteiger partial charge in [0.25, 0.3) is 0 Å². The van der Waals surface area contributed by atoms with Gasteiger partial charge in [-0.15, -0.1) is 0 Å². The molecule has 0 unspecified atom stereocenters. The Morgan fingerprint density at radius 2 is 1.84 bits per heavy atom. The molecular formula is C18H19ClN2O3S. The van der Waals surface area contributed by atoms with E-state index in [1.807, 2.05) is 24.3 Å². The van der Waals surface area contributed by atoms with Crippen LogP contribution in [0.25, 0.3) is 0 Å². The van der Waals surface area contributed by atoms with E-state index in [1.165, 1.54) is 4.31 Å². The Kier molecular flexibility index (Phi) is 5.01. The number of sulfonamides is 1. The SMILES string of the molecule is CS(=O)(=O)N(CCC(=O)N1CCc2ccccc21)c1ccccc1Cl. The van der Waals surface area contributed by atoms with Crippen molar-refractivity contribution >= 4 is 38.9 Å². The van der Waals surface area contributed by atoms with Crippen molar-refractivity contribution in [1.29, 1.82) is 0 Å². The molecule has 132 valence electrons. The van der Waals surface area contributed by atoms with Gasteiger partial charge in [0.2, 0.25) is 15.9 Å². The third-order valence-corrected chi connectivity index (χ3v) is 5.74. The molecule has 0 spiro atoms. The monoisotopic (exact) mass is 378 g/mol. The largest absolute Gasteiger partial charge is 0.312 e. The summed E-state index contributed by atoms with van der Waals surface area (Å²) in [6, 6.07) is 14.5. The van der Waals surface area contributed by atoms with Crippen molar-refractivity contribution in [2.24, 2.45) is 0 Å². The molecule has 0 aliphatic carbocycles. The third kappa shape index (κ3) is 3.80. The van der Waals surface area contributed by atoms with Gasteiger partial charge in [-0.3, -0.25) is 9.10 Å². The van der Waals surface area contributed by atoms with E-state index in [2.05, 4.69) is 0 Å². The molecule has 0 saturated carbocycles. The molecule has 1 aliphatic rings. The number of para-hydroxylation sites is 2. The predicted octanol–water partition coefficient (Wildman–Crippen LogP) is 3.09. The van der Waals surface area contributed by atoms with E-state index < -0.39 is 10.0 Å². The summed E-state index contributed by atoms with van der Waals surface area (Å²) < 4.78 is 25.5. The lowest BCUT2D eigenvalue weighted by Gasteiger charge is -2.24. The third-order valence-electron chi connectivity index (χ3n) is 4.24. The van der Waals surface area contributed by atoms with Crippen LogP contribution in [0.5, 0.6) is 0 Å². The summed E-state index contributed by atoms with van der Waals surface area (Å²) in [6.45, 7) is 0.684. The first-order valence-electron chi connectivity index (χ1n) is 7.98. The van der Waals surface area contributed by atoms with Crippen LogP contribution in [-0.2, 0) is 21.2 Å². The van der Waals surface area contributed by atoms with E-state index in [4.69, 9.17) is 11.6 Å². The van der Waals surface area contributed by atoms with Crippen LogP contribution in [0.3, 0.4) is 0 Å². The summed E-state index contributed by atoms with van der Waals surface area (Å²) in [4.78, 5) is 14.4. The van der Waals surface area contributed by atoms with Gasteiger partial charge in [0.15, 0.2) is 0 Å². The molecule has 25 heavy (non-hydrogen) atoms. The number of benzene rings is 2. The minimum Gasteiger partial charge on any atom is -0.312 e. The number of carbonyl (C=O) groups excluding carboxylic acids is 1. The lowest BCUT2D eigenvalue weighted by atomic mass is 10.2. The minimum absolute atomic E-state index is 0.0556. The van der Waals surface area contributed by atoms with E-state index in [9.17, 15) is 13.2 Å². The molecule has 2 aromatic rings. The van der Waals surface area contributed by atoms with E-state index in [0.717, 1.165) is 23.9 Å². The highest BCUT2D eigenvalue weighted by atomic mass is 35.5. The van der Waals surface area contributed by atoms with E-state index >= 15 is 0 Å². The molecule has 3 rings (SSSR count). The molecule has 1 amide bonds. The molecule has 0 saturated heterocycles. The molecule has 2 aromatic carbocycles. The Balaban J connectivity index is 1.77. The number of anilines is 2. The van der Waals surface area contributed by atoms with Crippen LogP contribution < -0.4 is 9.21 Å². The Morgan fingerprint density at radius 3 is 2.56 bits per heavy atom. The van der Waals surface area contributed by atoms with Crippen molar-refractivity contribution in [3.63, 3.8) is 0 Å². The Bertz CT molecular complexity index is 899. The van der Waals surface area contributed by atoms with Crippen molar-refractivity contribution in [2.45, 2.75) is 12.8 Å². The number of fused-ring (bicyclic) bond motifs is 1. The minimum atomic E-state index is -3.54. The zero-order valence-corrected chi connectivity index (χ0v) is 15.4. The van der Waals surface area contributed by atoms with Crippen molar-refractivity contribution in [1.82, 2.24) is 0 Å². The molecular weight excluding hydrogens is 360 g/mol. The molecule has 1 heterocycles. The van der Waals surface area contributed by atoms with Gasteiger partial charge in [0.1, 0.15) is 0 Å². The summed E-state index contributed by atoms with van der Waals surface area (Å²) in [5.41, 5.74) is 2.44. The lowest BCUT2D eigenvalue weighted by molar-refractivity contribution is -0.118. The number of nitrogens with zero attached hydrogens (tertiary/aromatic N) is 2. The zero-order chi connectivity index (χ0) is 18.0. The smallest absolute Gasteiger partial charge is 0.232 e. The molecule has 0 radical (unpaired) electrons. The number of hydrogen-bond donors (Lipinski definition) is 0. The fourth-order valence-electron chi connectivity index (χ4n) is 3.05. The number of amides is 1. The standard InChI is InChI=1S/C18H19ClN2O3S/c1-25(23,24)21(17-9-5-3-7-15(17)19)13-11-18(22)20-12-10-14-6-2-4-8-16(14)20/h2-9H,10-13H2,1H3. The Morgan fingerprint density at radius 1 is 1.16 bits per heavy atom. The second-order valence-electron chi connectivity index (χ2n) is 5.96. The first-order valence-corrected chi connectivity index (χ1v) is 10.2. The van der Waals surface area contributed by atoms with Gasteiger partial charge in [-0.05, 0) is 30.2 Å². The van der Waals surface area contributed by atoms with Crippen LogP contribution in [0.4, 0.5) is 11.4 Å². The second kappa shape index (κ2) is 7.06. The van der Waals surface area contributed by atoms with Gasteiger partial charge in [-0.2, -0.15) is 0 Å². The van der Waals surface area contributed by atoms with Crippen LogP contribution in [0.2, 0.25) is 5.02 Å². The van der Waals surface area contributed by atoms with Gasteiger partial charge in [0, 0.05) is 25.2 Å².